The van der Waals surface area contributed by atoms with Gasteiger partial charge in [0.1, 0.15) is 0 Å². The Labute approximate surface area is 199 Å². The van der Waals surface area contributed by atoms with E-state index in [4.69, 9.17) is 14.5 Å². The van der Waals surface area contributed by atoms with E-state index in [1.165, 1.54) is 0 Å². The quantitative estimate of drug-likeness (QED) is 0.547. The number of nitrogens with one attached hydrogen (secondary N) is 1. The first-order chi connectivity index (χ1) is 16.6. The van der Waals surface area contributed by atoms with Gasteiger partial charge >= 0.3 is 0 Å². The zero-order valence-electron chi connectivity index (χ0n) is 19.9. The Hall–Kier alpha value is -4.00. The number of fused-ring (bicyclic) bond motifs is 2. The minimum Gasteiger partial charge on any atom is -0.493 e. The molecule has 2 aliphatic heterocycles. The van der Waals surface area contributed by atoms with Crippen molar-refractivity contribution in [2.45, 2.75) is 20.3 Å². The van der Waals surface area contributed by atoms with Gasteiger partial charge in [0.25, 0.3) is 0 Å². The molecule has 0 bridgehead atoms. The number of aryl methyl sites for hydroxylation is 1. The van der Waals surface area contributed by atoms with Gasteiger partial charge < -0.3 is 24.3 Å². The molecular formula is C27H29N5O2. The van der Waals surface area contributed by atoms with Crippen molar-refractivity contribution in [3.05, 3.63) is 78.5 Å². The Kier molecular flexibility index (Phi) is 5.84. The lowest BCUT2D eigenvalue weighted by molar-refractivity contribution is 0.311. The highest BCUT2D eigenvalue weighted by atomic mass is 16.5. The van der Waals surface area contributed by atoms with Crippen molar-refractivity contribution < 1.29 is 9.47 Å². The molecule has 5 rings (SSSR count). The van der Waals surface area contributed by atoms with Gasteiger partial charge in [0, 0.05) is 36.8 Å². The van der Waals surface area contributed by atoms with E-state index < -0.39 is 0 Å². The minimum atomic E-state index is 0.451. The number of amidine groups is 1. The van der Waals surface area contributed by atoms with Crippen LogP contribution in [0.1, 0.15) is 25.8 Å². The van der Waals surface area contributed by atoms with E-state index in [9.17, 15) is 0 Å². The molecule has 3 aromatic rings. The summed E-state index contributed by atoms with van der Waals surface area (Å²) in [5.41, 5.74) is 5.85. The van der Waals surface area contributed by atoms with Crippen LogP contribution in [0.25, 0.3) is 16.7 Å². The van der Waals surface area contributed by atoms with Gasteiger partial charge in [-0.3, -0.25) is 0 Å². The van der Waals surface area contributed by atoms with Gasteiger partial charge in [0.15, 0.2) is 17.3 Å². The van der Waals surface area contributed by atoms with Crippen LogP contribution in [0, 0.1) is 5.92 Å². The third kappa shape index (κ3) is 4.17. The third-order valence-electron chi connectivity index (χ3n) is 6.02. The third-order valence-corrected chi connectivity index (χ3v) is 6.02. The molecule has 1 N–H and O–H groups in total. The number of benzene rings is 2. The molecule has 0 fully saturated rings. The summed E-state index contributed by atoms with van der Waals surface area (Å²) in [6, 6.07) is 12.1. The SMILES string of the molecule is CCOc1ccc(NC2=NC(c3ccc4ncn(C)c4c3)=CN3C=CC(C)CC=C23)cc1OC. The molecule has 0 aliphatic carbocycles. The molecule has 2 aromatic carbocycles. The van der Waals surface area contributed by atoms with E-state index in [2.05, 4.69) is 58.8 Å². The van der Waals surface area contributed by atoms with E-state index >= 15 is 0 Å². The zero-order chi connectivity index (χ0) is 23.7. The Bertz CT molecular complexity index is 1350. The van der Waals surface area contributed by atoms with Gasteiger partial charge in [-0.15, -0.1) is 0 Å². The second-order valence-corrected chi connectivity index (χ2v) is 8.51. The number of hydrogen-bond donors (Lipinski definition) is 1. The summed E-state index contributed by atoms with van der Waals surface area (Å²) in [7, 11) is 3.65. The van der Waals surface area contributed by atoms with Crippen LogP contribution in [0.3, 0.4) is 0 Å². The largest absolute Gasteiger partial charge is 0.493 e. The number of aliphatic imine (C=N–C) groups is 1. The van der Waals surface area contributed by atoms with Crippen molar-refractivity contribution in [1.82, 2.24) is 14.5 Å². The number of allylic oxidation sites excluding steroid dienone is 2. The molecule has 0 spiro atoms. The van der Waals surface area contributed by atoms with Crippen molar-refractivity contribution in [2.75, 3.05) is 19.0 Å². The van der Waals surface area contributed by atoms with Gasteiger partial charge in [0.2, 0.25) is 0 Å². The smallest absolute Gasteiger partial charge is 0.162 e. The van der Waals surface area contributed by atoms with Crippen LogP contribution in [0.15, 0.2) is 78.0 Å². The normalized spacial score (nSPS) is 17.5. The Balaban J connectivity index is 1.55. The number of aromatic nitrogens is 2. The average molecular weight is 456 g/mol. The first kappa shape index (κ1) is 21.8. The molecule has 7 heteroatoms. The molecule has 0 saturated heterocycles. The second-order valence-electron chi connectivity index (χ2n) is 8.51. The van der Waals surface area contributed by atoms with Crippen LogP contribution >= 0.6 is 0 Å². The predicted octanol–water partition coefficient (Wildman–Crippen LogP) is 5.54. The molecule has 0 saturated carbocycles. The van der Waals surface area contributed by atoms with Crippen LogP contribution in [0.4, 0.5) is 5.69 Å². The van der Waals surface area contributed by atoms with Crippen molar-refractivity contribution in [1.29, 1.82) is 0 Å². The minimum absolute atomic E-state index is 0.451. The number of anilines is 1. The monoisotopic (exact) mass is 455 g/mol. The van der Waals surface area contributed by atoms with Crippen molar-refractivity contribution in [2.24, 2.45) is 18.0 Å². The number of ether oxygens (including phenoxy) is 2. The standard InChI is InChI=1S/C27H29N5O2/c1-5-34-25-11-8-20(15-26(25)33-4)29-27-23-10-6-18(2)12-13-32(23)16-22(30-27)19-7-9-21-24(14-19)31(3)17-28-21/h7-18H,5-6H2,1-4H3,(H,29,30). The molecular weight excluding hydrogens is 426 g/mol. The fraction of sp³-hybridized carbons (Fsp3) is 0.259. The van der Waals surface area contributed by atoms with Crippen molar-refractivity contribution in [3.8, 4) is 11.5 Å². The molecule has 0 amide bonds. The Morgan fingerprint density at radius 3 is 2.85 bits per heavy atom. The molecule has 1 unspecified atom stereocenters. The molecule has 174 valence electrons. The van der Waals surface area contributed by atoms with Crippen LogP contribution in [0.5, 0.6) is 11.5 Å². The Morgan fingerprint density at radius 2 is 2.03 bits per heavy atom. The molecule has 1 atom stereocenters. The summed E-state index contributed by atoms with van der Waals surface area (Å²) in [6.45, 7) is 4.76. The molecule has 0 radical (unpaired) electrons. The maximum absolute atomic E-state index is 5.67. The summed E-state index contributed by atoms with van der Waals surface area (Å²) in [5, 5.41) is 3.52. The molecule has 1 aromatic heterocycles. The van der Waals surface area contributed by atoms with Crippen molar-refractivity contribution >= 4 is 28.3 Å². The fourth-order valence-electron chi connectivity index (χ4n) is 4.14. The van der Waals surface area contributed by atoms with Crippen LogP contribution in [-0.4, -0.2) is 34.0 Å². The topological polar surface area (TPSA) is 63.9 Å². The zero-order valence-corrected chi connectivity index (χ0v) is 19.9. The second kappa shape index (κ2) is 9.09. The highest BCUT2D eigenvalue weighted by Crippen LogP contribution is 2.33. The van der Waals surface area contributed by atoms with E-state index in [-0.39, 0.29) is 0 Å². The highest BCUT2D eigenvalue weighted by Gasteiger charge is 2.22. The van der Waals surface area contributed by atoms with Gasteiger partial charge in [-0.25, -0.2) is 9.98 Å². The molecule has 2 aliphatic rings. The van der Waals surface area contributed by atoms with Crippen LogP contribution in [-0.2, 0) is 7.05 Å². The first-order valence-electron chi connectivity index (χ1n) is 11.5. The number of hydrogen-bond acceptors (Lipinski definition) is 6. The van der Waals surface area contributed by atoms with Crippen LogP contribution < -0.4 is 14.8 Å². The lowest BCUT2D eigenvalue weighted by Gasteiger charge is -2.27. The van der Waals surface area contributed by atoms with Crippen LogP contribution in [0.2, 0.25) is 0 Å². The van der Waals surface area contributed by atoms with Gasteiger partial charge in [-0.2, -0.15) is 0 Å². The molecule has 3 heterocycles. The van der Waals surface area contributed by atoms with Crippen molar-refractivity contribution in [3.63, 3.8) is 0 Å². The van der Waals surface area contributed by atoms with Gasteiger partial charge in [-0.1, -0.05) is 25.1 Å². The lowest BCUT2D eigenvalue weighted by Crippen LogP contribution is -2.27. The number of methoxy groups -OCH3 is 1. The maximum Gasteiger partial charge on any atom is 0.162 e. The summed E-state index contributed by atoms with van der Waals surface area (Å²) < 4.78 is 13.2. The number of rotatable bonds is 5. The van der Waals surface area contributed by atoms with E-state index in [1.54, 1.807) is 7.11 Å². The van der Waals surface area contributed by atoms with E-state index in [0.717, 1.165) is 51.7 Å². The lowest BCUT2D eigenvalue weighted by atomic mass is 10.1. The fourth-order valence-corrected chi connectivity index (χ4v) is 4.14. The summed E-state index contributed by atoms with van der Waals surface area (Å²) in [4.78, 5) is 11.6. The Morgan fingerprint density at radius 1 is 1.15 bits per heavy atom. The number of nitrogens with zero attached hydrogens (tertiary/aromatic N) is 4. The maximum atomic E-state index is 5.67. The van der Waals surface area contributed by atoms with Gasteiger partial charge in [0.05, 0.1) is 42.5 Å². The van der Waals surface area contributed by atoms with Gasteiger partial charge in [-0.05, 0) is 43.5 Å². The highest BCUT2D eigenvalue weighted by molar-refractivity contribution is 6.11. The van der Waals surface area contributed by atoms with E-state index in [1.807, 2.05) is 49.1 Å². The molecule has 34 heavy (non-hydrogen) atoms. The van der Waals surface area contributed by atoms with E-state index in [0.29, 0.717) is 18.3 Å². The predicted molar refractivity (Wildman–Crippen MR) is 137 cm³/mol. The number of imidazole rings is 1. The summed E-state index contributed by atoms with van der Waals surface area (Å²) in [6.07, 6.45) is 11.5. The summed E-state index contributed by atoms with van der Waals surface area (Å²) in [5.74, 6) is 2.64. The summed E-state index contributed by atoms with van der Waals surface area (Å²) >= 11 is 0. The average Bonchev–Trinajstić information content (AvgIpc) is 3.11. The molecule has 7 nitrogen and oxygen atoms in total. The first-order valence-corrected chi connectivity index (χ1v) is 11.5.